The molecule has 5 nitrogen and oxygen atoms in total. The van der Waals surface area contributed by atoms with Gasteiger partial charge in [-0.15, -0.1) is 0 Å². The predicted octanol–water partition coefficient (Wildman–Crippen LogP) is -0.673. The van der Waals surface area contributed by atoms with Gasteiger partial charge in [-0.05, 0) is 0 Å². The van der Waals surface area contributed by atoms with E-state index in [2.05, 4.69) is 4.89 Å². The number of carboxylic acid groups (broad SMARTS) is 1. The zero-order valence-electron chi connectivity index (χ0n) is 3.42. The molecular weight excluding hydrogens is 157 g/mol. The van der Waals surface area contributed by atoms with Crippen molar-refractivity contribution in [1.82, 2.24) is 0 Å². The molecule has 0 saturated carbocycles. The number of hydrogen-bond acceptors (Lipinski definition) is 3. The summed E-state index contributed by atoms with van der Waals surface area (Å²) >= 11 is 0. The first-order valence-corrected chi connectivity index (χ1v) is 0.814. The van der Waals surface area contributed by atoms with Crippen molar-refractivity contribution in [3.05, 3.63) is 0 Å². The van der Waals surface area contributed by atoms with Crippen LogP contribution in [0.5, 0.6) is 0 Å². The van der Waals surface area contributed by atoms with Crippen LogP contribution in [0.3, 0.4) is 0 Å². The monoisotopic (exact) mass is 160 g/mol. The third-order valence-electron chi connectivity index (χ3n) is 0.0781. The summed E-state index contributed by atoms with van der Waals surface area (Å²) in [5.41, 5.74) is 0. The van der Waals surface area contributed by atoms with Crippen LogP contribution in [0.25, 0.3) is 0 Å². The van der Waals surface area contributed by atoms with Gasteiger partial charge in [0.15, 0.2) is 0 Å². The summed E-state index contributed by atoms with van der Waals surface area (Å²) in [7, 11) is 0. The van der Waals surface area contributed by atoms with Crippen molar-refractivity contribution < 1.29 is 45.0 Å². The van der Waals surface area contributed by atoms with Gasteiger partial charge in [-0.3, -0.25) is 4.89 Å². The van der Waals surface area contributed by atoms with Gasteiger partial charge in [0.2, 0.25) is 0 Å². The Morgan fingerprint density at radius 1 is 1.57 bits per heavy atom. The van der Waals surface area contributed by atoms with E-state index in [1.807, 2.05) is 0 Å². The second-order valence-electron chi connectivity index (χ2n) is 0.357. The topological polar surface area (TPSA) is 98.3 Å². The van der Waals surface area contributed by atoms with Crippen molar-refractivity contribution in [3.8, 4) is 0 Å². The second-order valence-corrected chi connectivity index (χ2v) is 0.357. The molecule has 0 amide bonds. The van der Waals surface area contributed by atoms with Crippen LogP contribution in [-0.2, 0) is 24.4 Å². The molecule has 40 valence electrons. The first kappa shape index (κ1) is 15.8. The van der Waals surface area contributed by atoms with Crippen molar-refractivity contribution in [2.45, 2.75) is 0 Å². The molecule has 6 heteroatoms. The number of carbonyl (C=O) groups is 1. The van der Waals surface area contributed by atoms with E-state index in [0.717, 1.165) is 0 Å². The summed E-state index contributed by atoms with van der Waals surface area (Å²) in [6, 6.07) is 0. The largest absolute Gasteiger partial charge is 0.537 e. The maximum absolute atomic E-state index is 8.90. The smallest absolute Gasteiger partial charge is 0.448 e. The summed E-state index contributed by atoms with van der Waals surface area (Å²) in [6.07, 6.45) is -1.69. The first-order valence-electron chi connectivity index (χ1n) is 0.814. The number of hydrogen-bond donors (Lipinski definition) is 2. The van der Waals surface area contributed by atoms with Crippen molar-refractivity contribution in [2.24, 2.45) is 0 Å². The number of rotatable bonds is 0. The third kappa shape index (κ3) is 25.7. The summed E-state index contributed by atoms with van der Waals surface area (Å²) < 4.78 is 0. The molecule has 0 atom stereocenters. The van der Waals surface area contributed by atoms with Gasteiger partial charge in [0.25, 0.3) is 0 Å². The Morgan fingerprint density at radius 2 is 1.71 bits per heavy atom. The molecule has 0 spiro atoms. The van der Waals surface area contributed by atoms with Gasteiger partial charge in [-0.2, -0.15) is 5.26 Å². The van der Waals surface area contributed by atoms with Crippen LogP contribution in [0.4, 0.5) is 4.79 Å². The molecule has 7 heavy (non-hydrogen) atoms. The van der Waals surface area contributed by atoms with Crippen LogP contribution in [0.2, 0.25) is 0 Å². The maximum Gasteiger partial charge on any atom is 0.537 e. The molecule has 0 rings (SSSR count). The first-order chi connectivity index (χ1) is 2.27. The van der Waals surface area contributed by atoms with Gasteiger partial charge in [0, 0.05) is 19.5 Å². The molecule has 0 aromatic heterocycles. The zero-order chi connectivity index (χ0) is 4.28. The average molecular weight is 161 g/mol. The van der Waals surface area contributed by atoms with E-state index < -0.39 is 6.16 Å². The molecule has 0 unspecified atom stereocenters. The molecule has 0 aliphatic carbocycles. The van der Waals surface area contributed by atoms with Crippen LogP contribution in [-0.4, -0.2) is 22.0 Å². The zero-order valence-corrected chi connectivity index (χ0v) is 6.39. The summed E-state index contributed by atoms with van der Waals surface area (Å²) in [5, 5.41) is 14.3. The van der Waals surface area contributed by atoms with E-state index in [1.165, 1.54) is 0 Å². The van der Waals surface area contributed by atoms with Crippen LogP contribution < -0.4 is 0 Å². The molecule has 0 bridgehead atoms. The fourth-order valence-corrected chi connectivity index (χ4v) is 0. The fraction of sp³-hybridized carbons (Fsp3) is 0. The summed E-state index contributed by atoms with van der Waals surface area (Å²) in [5.74, 6) is 0. The Hall–Kier alpha value is -0.187. The van der Waals surface area contributed by atoms with Crippen LogP contribution >= 0.6 is 0 Å². The molecule has 0 heterocycles. The van der Waals surface area contributed by atoms with Crippen LogP contribution in [0, 0.1) is 0 Å². The fourth-order valence-electron chi connectivity index (χ4n) is 0. The van der Waals surface area contributed by atoms with Crippen molar-refractivity contribution in [1.29, 1.82) is 0 Å². The average Bonchev–Trinajstić information content (AvgIpc) is 1.38. The van der Waals surface area contributed by atoms with Gasteiger partial charge in [-0.25, -0.2) is 4.79 Å². The molecule has 0 fully saturated rings. The minimum absolute atomic E-state index is 0. The Bertz CT molecular complexity index is 43.3. The van der Waals surface area contributed by atoms with E-state index >= 15 is 0 Å². The third-order valence-corrected chi connectivity index (χ3v) is 0.0781. The Kier molecular flexibility index (Phi) is 21.0. The molecule has 0 aromatic carbocycles. The van der Waals surface area contributed by atoms with Gasteiger partial charge in [-0.1, -0.05) is 0 Å². The van der Waals surface area contributed by atoms with Gasteiger partial charge in [0.05, 0.1) is 0 Å². The minimum Gasteiger partial charge on any atom is -0.448 e. The van der Waals surface area contributed by atoms with E-state index in [1.54, 1.807) is 0 Å². The van der Waals surface area contributed by atoms with Gasteiger partial charge < -0.3 is 10.6 Å². The molecular formula is CH4O5Zn. The normalized spacial score (nSPS) is 4.71. The standard InChI is InChI=1S/CH2O4.H2O.Zn/c2-1(3)5-4;;/h4H,(H,2,3);1H2;. The van der Waals surface area contributed by atoms with E-state index in [-0.39, 0.29) is 25.0 Å². The van der Waals surface area contributed by atoms with Gasteiger partial charge in [0.1, 0.15) is 0 Å². The molecule has 0 aromatic rings. The minimum atomic E-state index is -1.69. The Labute approximate surface area is 51.9 Å². The SMILES string of the molecule is O.O=C(O)OO.[Zn]. The Morgan fingerprint density at radius 3 is 1.71 bits per heavy atom. The van der Waals surface area contributed by atoms with E-state index in [0.29, 0.717) is 0 Å². The van der Waals surface area contributed by atoms with E-state index in [9.17, 15) is 0 Å². The quantitative estimate of drug-likeness (QED) is 0.280. The molecule has 0 aliphatic rings. The van der Waals surface area contributed by atoms with Gasteiger partial charge >= 0.3 is 6.16 Å². The van der Waals surface area contributed by atoms with Crippen molar-refractivity contribution >= 4 is 6.16 Å². The summed E-state index contributed by atoms with van der Waals surface area (Å²) in [4.78, 5) is 11.6. The van der Waals surface area contributed by atoms with Crippen molar-refractivity contribution in [2.75, 3.05) is 0 Å². The predicted molar refractivity (Wildman–Crippen MR) is 15.4 cm³/mol. The van der Waals surface area contributed by atoms with Crippen molar-refractivity contribution in [3.63, 3.8) is 0 Å². The maximum atomic E-state index is 8.90. The second kappa shape index (κ2) is 9.26. The summed E-state index contributed by atoms with van der Waals surface area (Å²) in [6.45, 7) is 0. The van der Waals surface area contributed by atoms with Crippen LogP contribution in [0.15, 0.2) is 0 Å². The molecule has 4 N–H and O–H groups in total. The molecule has 0 radical (unpaired) electrons. The van der Waals surface area contributed by atoms with E-state index in [4.69, 9.17) is 15.2 Å². The van der Waals surface area contributed by atoms with Crippen LogP contribution in [0.1, 0.15) is 0 Å². The Balaban J connectivity index is -0.0000000800. The molecule has 0 aliphatic heterocycles. The molecule has 0 saturated heterocycles.